The Bertz CT molecular complexity index is 2850. The summed E-state index contributed by atoms with van der Waals surface area (Å²) >= 11 is 7.72. The second-order valence-corrected chi connectivity index (χ2v) is 16.9. The summed E-state index contributed by atoms with van der Waals surface area (Å²) in [5.41, 5.74) is 2.50. The molecule has 294 valence electrons. The van der Waals surface area contributed by atoms with Crippen molar-refractivity contribution in [2.75, 3.05) is 37.7 Å². The van der Waals surface area contributed by atoms with E-state index in [1.54, 1.807) is 42.8 Å². The molecule has 14 nitrogen and oxygen atoms in total. The van der Waals surface area contributed by atoms with E-state index in [4.69, 9.17) is 21.3 Å². The van der Waals surface area contributed by atoms with Crippen LogP contribution in [0.5, 0.6) is 0 Å². The van der Waals surface area contributed by atoms with Gasteiger partial charge < -0.3 is 9.64 Å². The standard InChI is InChI=1S/C41H36ClN9O5S2/c1-3-50(28-11-17-49(18-12-28)29-22-56-23-29)39-33(20-43)36-35(21-46-39)47-25(2)51(41(36)53)16-4-5-26-6-7-27(42)19-32(26)31-10-15-45-37-34(24-57-38(31)37)40(52)48-58(54,55)30-8-13-44-14-9-30/h6-10,13-15,19,21,24,28-29H,3,11-12,16-18,22-23H2,1-2H3,(H,48,52). The molecule has 0 unspecified atom stereocenters. The third-order valence-electron chi connectivity index (χ3n) is 10.6. The van der Waals surface area contributed by atoms with E-state index < -0.39 is 15.9 Å². The highest BCUT2D eigenvalue weighted by atomic mass is 35.5. The summed E-state index contributed by atoms with van der Waals surface area (Å²) in [6, 6.07) is 12.5. The molecule has 1 amide bonds. The molecule has 0 bridgehead atoms. The van der Waals surface area contributed by atoms with Gasteiger partial charge in [0.1, 0.15) is 23.3 Å². The number of anilines is 1. The number of fused-ring (bicyclic) bond motifs is 2. The number of nitrogens with zero attached hydrogens (tertiary/aromatic N) is 8. The smallest absolute Gasteiger partial charge is 0.268 e. The summed E-state index contributed by atoms with van der Waals surface area (Å²) in [6.07, 6.45) is 7.59. The molecule has 58 heavy (non-hydrogen) atoms. The van der Waals surface area contributed by atoms with Gasteiger partial charge in [-0.05, 0) is 63.1 Å². The van der Waals surface area contributed by atoms with E-state index in [2.05, 4.69) is 47.4 Å². The number of thiophene rings is 1. The number of rotatable bonds is 9. The number of pyridine rings is 3. The summed E-state index contributed by atoms with van der Waals surface area (Å²) in [5, 5.41) is 12.7. The van der Waals surface area contributed by atoms with Crippen molar-refractivity contribution < 1.29 is 17.9 Å². The Kier molecular flexibility index (Phi) is 11.0. The predicted octanol–water partition coefficient (Wildman–Crippen LogP) is 5.16. The molecular formula is C41H36ClN9O5S2. The van der Waals surface area contributed by atoms with Crippen molar-refractivity contribution in [3.63, 3.8) is 0 Å². The second kappa shape index (κ2) is 16.2. The number of carbonyl (C=O) groups is 1. The molecule has 2 saturated heterocycles. The molecule has 5 aromatic heterocycles. The lowest BCUT2D eigenvalue weighted by atomic mass is 10.00. The highest BCUT2D eigenvalue weighted by Crippen LogP contribution is 2.37. The van der Waals surface area contributed by atoms with Crippen LogP contribution in [-0.2, 0) is 21.3 Å². The van der Waals surface area contributed by atoms with E-state index in [0.29, 0.717) is 61.7 Å². The van der Waals surface area contributed by atoms with Crippen molar-refractivity contribution in [1.82, 2.24) is 34.1 Å². The minimum absolute atomic E-state index is 0.0138. The maximum atomic E-state index is 14.2. The van der Waals surface area contributed by atoms with E-state index in [9.17, 15) is 23.3 Å². The highest BCUT2D eigenvalue weighted by molar-refractivity contribution is 7.90. The molecule has 0 saturated carbocycles. The molecule has 2 aliphatic rings. The molecule has 0 radical (unpaired) electrons. The lowest BCUT2D eigenvalue weighted by molar-refractivity contribution is -0.0711. The quantitative estimate of drug-likeness (QED) is 0.190. The van der Waals surface area contributed by atoms with Crippen molar-refractivity contribution in [2.24, 2.45) is 0 Å². The third-order valence-corrected chi connectivity index (χ3v) is 13.2. The lowest BCUT2D eigenvalue weighted by Gasteiger charge is -2.44. The maximum Gasteiger partial charge on any atom is 0.268 e. The molecule has 0 aliphatic carbocycles. The van der Waals surface area contributed by atoms with Crippen molar-refractivity contribution in [3.05, 3.63) is 104 Å². The number of halogens is 1. The van der Waals surface area contributed by atoms with Gasteiger partial charge in [0.25, 0.3) is 21.5 Å². The van der Waals surface area contributed by atoms with Crippen LogP contribution in [0.4, 0.5) is 5.82 Å². The van der Waals surface area contributed by atoms with Gasteiger partial charge in [-0.25, -0.2) is 23.1 Å². The molecule has 8 rings (SSSR count). The van der Waals surface area contributed by atoms with Gasteiger partial charge in [0, 0.05) is 71.4 Å². The monoisotopic (exact) mass is 833 g/mol. The number of ether oxygens (including phenoxy) is 1. The molecule has 2 aliphatic heterocycles. The van der Waals surface area contributed by atoms with E-state index in [1.807, 2.05) is 6.92 Å². The number of piperidine rings is 1. The number of hydrogen-bond acceptors (Lipinski definition) is 13. The van der Waals surface area contributed by atoms with Gasteiger partial charge in [-0.2, -0.15) is 5.26 Å². The average molecular weight is 834 g/mol. The van der Waals surface area contributed by atoms with Crippen LogP contribution < -0.4 is 15.2 Å². The first-order valence-corrected chi connectivity index (χ1v) is 21.3. The Morgan fingerprint density at radius 1 is 1.10 bits per heavy atom. The fraction of sp³-hybridized carbons (Fsp3) is 0.293. The van der Waals surface area contributed by atoms with E-state index in [-0.39, 0.29) is 39.6 Å². The van der Waals surface area contributed by atoms with Crippen molar-refractivity contribution in [3.8, 4) is 29.0 Å². The van der Waals surface area contributed by atoms with E-state index in [1.165, 1.54) is 46.6 Å². The van der Waals surface area contributed by atoms with Crippen LogP contribution in [0.2, 0.25) is 5.02 Å². The molecule has 1 N–H and O–H groups in total. The molecular weight excluding hydrogens is 798 g/mol. The highest BCUT2D eigenvalue weighted by Gasteiger charge is 2.33. The van der Waals surface area contributed by atoms with Gasteiger partial charge in [-0.1, -0.05) is 23.4 Å². The molecule has 0 atom stereocenters. The van der Waals surface area contributed by atoms with Crippen molar-refractivity contribution >= 4 is 65.8 Å². The topological polar surface area (TPSA) is 176 Å². The number of nitrogens with one attached hydrogen (secondary N) is 1. The molecule has 2 fully saturated rings. The molecule has 17 heteroatoms. The van der Waals surface area contributed by atoms with Crippen LogP contribution in [0.15, 0.2) is 76.3 Å². The number of benzene rings is 1. The van der Waals surface area contributed by atoms with Gasteiger partial charge >= 0.3 is 0 Å². The minimum atomic E-state index is -4.15. The van der Waals surface area contributed by atoms with Gasteiger partial charge in [0.15, 0.2) is 0 Å². The van der Waals surface area contributed by atoms with Crippen LogP contribution in [0.25, 0.3) is 32.2 Å². The molecule has 7 heterocycles. The first kappa shape index (κ1) is 39.1. The van der Waals surface area contributed by atoms with E-state index >= 15 is 0 Å². The Labute approximate surface area is 343 Å². The number of aryl methyl sites for hydroxylation is 1. The van der Waals surface area contributed by atoms with Crippen molar-refractivity contribution in [1.29, 1.82) is 5.26 Å². The third kappa shape index (κ3) is 7.41. The molecule has 1 aromatic carbocycles. The SMILES string of the molecule is CCN(c1ncc2nc(C)n(CC#Cc3ccc(Cl)cc3-c3ccnc4c(C(=O)NS(=O)(=O)c5ccncc5)csc34)c(=O)c2c1C#N)C1CCN(C2COC2)CC1. The minimum Gasteiger partial charge on any atom is -0.378 e. The Morgan fingerprint density at radius 3 is 2.59 bits per heavy atom. The molecule has 6 aromatic rings. The summed E-state index contributed by atoms with van der Waals surface area (Å²) in [7, 11) is -4.15. The van der Waals surface area contributed by atoms with Gasteiger partial charge in [-0.3, -0.25) is 29.0 Å². The summed E-state index contributed by atoms with van der Waals surface area (Å²) in [6.45, 7) is 7.78. The van der Waals surface area contributed by atoms with Gasteiger partial charge in [0.2, 0.25) is 0 Å². The number of sulfonamides is 1. The normalized spacial score (nSPS) is 15.1. The van der Waals surface area contributed by atoms with Gasteiger partial charge in [0.05, 0.1) is 63.6 Å². The van der Waals surface area contributed by atoms with Crippen LogP contribution in [0.1, 0.15) is 47.1 Å². The number of hydrogen-bond donors (Lipinski definition) is 1. The first-order chi connectivity index (χ1) is 28.1. The van der Waals surface area contributed by atoms with Crippen LogP contribution in [0.3, 0.4) is 0 Å². The number of nitriles is 1. The van der Waals surface area contributed by atoms with Gasteiger partial charge in [-0.15, -0.1) is 11.3 Å². The largest absolute Gasteiger partial charge is 0.378 e. The lowest BCUT2D eigenvalue weighted by Crippen LogP contribution is -2.54. The van der Waals surface area contributed by atoms with Crippen LogP contribution in [-0.4, -0.2) is 88.7 Å². The van der Waals surface area contributed by atoms with E-state index in [0.717, 1.165) is 39.1 Å². The average Bonchev–Trinajstić information content (AvgIpc) is 3.65. The molecule has 0 spiro atoms. The maximum absolute atomic E-state index is 14.2. The van der Waals surface area contributed by atoms with Crippen LogP contribution in [0, 0.1) is 30.1 Å². The number of amides is 1. The Balaban J connectivity index is 1.09. The van der Waals surface area contributed by atoms with Crippen molar-refractivity contribution in [2.45, 2.75) is 50.2 Å². The zero-order valence-corrected chi connectivity index (χ0v) is 33.9. The first-order valence-electron chi connectivity index (χ1n) is 18.6. The fourth-order valence-corrected chi connectivity index (χ4v) is 9.68. The Hall–Kier alpha value is -5.75. The summed E-state index contributed by atoms with van der Waals surface area (Å²) in [4.78, 5) is 49.6. The Morgan fingerprint density at radius 2 is 1.88 bits per heavy atom. The summed E-state index contributed by atoms with van der Waals surface area (Å²) < 4.78 is 35.4. The van der Waals surface area contributed by atoms with Crippen LogP contribution >= 0.6 is 22.9 Å². The number of carbonyl (C=O) groups excluding carboxylic acids is 1. The summed E-state index contributed by atoms with van der Waals surface area (Å²) in [5.74, 6) is 6.40. The predicted molar refractivity (Wildman–Crippen MR) is 221 cm³/mol. The fourth-order valence-electron chi connectivity index (χ4n) is 7.52. The second-order valence-electron chi connectivity index (χ2n) is 13.9. The zero-order chi connectivity index (χ0) is 40.6. The zero-order valence-electron chi connectivity index (χ0n) is 31.5. The number of aromatic nitrogens is 5. The number of likely N-dealkylation sites (tertiary alicyclic amines) is 1.